The van der Waals surface area contributed by atoms with E-state index in [1.807, 2.05) is 4.90 Å². The van der Waals surface area contributed by atoms with Crippen LogP contribution >= 0.6 is 0 Å². The largest absolute Gasteiger partial charge is 0.341 e. The summed E-state index contributed by atoms with van der Waals surface area (Å²) in [5.74, 6) is 1.14. The molecular formula is C17H30N2O. The minimum atomic E-state index is -0.0231. The van der Waals surface area contributed by atoms with Gasteiger partial charge in [-0.3, -0.25) is 4.79 Å². The summed E-state index contributed by atoms with van der Waals surface area (Å²) in [6.07, 6.45) is 6.29. The topological polar surface area (TPSA) is 32.3 Å². The molecule has 1 aliphatic heterocycles. The van der Waals surface area contributed by atoms with Crippen LogP contribution in [0.15, 0.2) is 0 Å². The van der Waals surface area contributed by atoms with Gasteiger partial charge in [-0.15, -0.1) is 0 Å². The van der Waals surface area contributed by atoms with Gasteiger partial charge < -0.3 is 10.2 Å². The minimum absolute atomic E-state index is 0.0231. The molecule has 2 aliphatic carbocycles. The van der Waals surface area contributed by atoms with Crippen LogP contribution in [0.4, 0.5) is 0 Å². The molecule has 0 radical (unpaired) electrons. The standard InChI is InChI=1S/C17H30N2O/c1-12(15(20)19-9-5-6-10-19)18-14-11-13-7-8-17(14,4)16(13,2)3/h12-14,18H,5-11H2,1-4H3. The Kier molecular flexibility index (Phi) is 3.39. The Hall–Kier alpha value is -0.570. The lowest BCUT2D eigenvalue weighted by atomic mass is 9.69. The highest BCUT2D eigenvalue weighted by molar-refractivity contribution is 5.81. The first-order chi connectivity index (χ1) is 9.36. The van der Waals surface area contributed by atoms with Gasteiger partial charge in [0.1, 0.15) is 0 Å². The number of nitrogens with one attached hydrogen (secondary N) is 1. The van der Waals surface area contributed by atoms with Gasteiger partial charge in [0.25, 0.3) is 0 Å². The average molecular weight is 278 g/mol. The van der Waals surface area contributed by atoms with E-state index >= 15 is 0 Å². The van der Waals surface area contributed by atoms with E-state index in [9.17, 15) is 4.79 Å². The van der Waals surface area contributed by atoms with Crippen LogP contribution in [0.5, 0.6) is 0 Å². The van der Waals surface area contributed by atoms with Crippen molar-refractivity contribution in [1.29, 1.82) is 0 Å². The first kappa shape index (κ1) is 14.4. The zero-order chi connectivity index (χ0) is 14.5. The van der Waals surface area contributed by atoms with Crippen LogP contribution in [0.3, 0.4) is 0 Å². The summed E-state index contributed by atoms with van der Waals surface area (Å²) in [5.41, 5.74) is 0.776. The van der Waals surface area contributed by atoms with E-state index in [1.165, 1.54) is 32.1 Å². The molecule has 0 aromatic carbocycles. The Bertz CT molecular complexity index is 400. The van der Waals surface area contributed by atoms with Crippen molar-refractivity contribution in [3.8, 4) is 0 Å². The molecule has 3 rings (SSSR count). The van der Waals surface area contributed by atoms with Gasteiger partial charge in [-0.05, 0) is 55.8 Å². The van der Waals surface area contributed by atoms with E-state index in [2.05, 4.69) is 33.0 Å². The second kappa shape index (κ2) is 4.72. The normalized spacial score (nSPS) is 40.3. The fraction of sp³-hybridized carbons (Fsp3) is 0.941. The highest BCUT2D eigenvalue weighted by atomic mass is 16.2. The average Bonchev–Trinajstić information content (AvgIpc) is 3.04. The molecule has 20 heavy (non-hydrogen) atoms. The minimum Gasteiger partial charge on any atom is -0.341 e. The van der Waals surface area contributed by atoms with Crippen LogP contribution in [0, 0.1) is 16.7 Å². The van der Waals surface area contributed by atoms with Crippen molar-refractivity contribution in [2.24, 2.45) is 16.7 Å². The van der Waals surface area contributed by atoms with Crippen LogP contribution in [0.1, 0.15) is 59.8 Å². The fourth-order valence-corrected chi connectivity index (χ4v) is 5.04. The molecule has 1 heterocycles. The van der Waals surface area contributed by atoms with E-state index in [0.717, 1.165) is 19.0 Å². The molecule has 3 nitrogen and oxygen atoms in total. The maximum atomic E-state index is 12.5. The Labute approximate surface area is 123 Å². The molecule has 4 unspecified atom stereocenters. The highest BCUT2D eigenvalue weighted by Crippen LogP contribution is 2.65. The number of nitrogens with zero attached hydrogens (tertiary/aromatic N) is 1. The summed E-state index contributed by atoms with van der Waals surface area (Å²) in [6, 6.07) is 0.489. The summed E-state index contributed by atoms with van der Waals surface area (Å²) in [7, 11) is 0. The summed E-state index contributed by atoms with van der Waals surface area (Å²) in [5, 5.41) is 3.69. The van der Waals surface area contributed by atoms with Crippen molar-refractivity contribution in [3.05, 3.63) is 0 Å². The van der Waals surface area contributed by atoms with E-state index in [0.29, 0.717) is 22.8 Å². The molecule has 1 amide bonds. The molecule has 0 spiro atoms. The molecule has 2 bridgehead atoms. The van der Waals surface area contributed by atoms with Crippen molar-refractivity contribution in [3.63, 3.8) is 0 Å². The van der Waals surface area contributed by atoms with Crippen molar-refractivity contribution in [2.75, 3.05) is 13.1 Å². The molecule has 2 saturated carbocycles. The van der Waals surface area contributed by atoms with E-state index < -0.39 is 0 Å². The number of carbonyl (C=O) groups excluding carboxylic acids is 1. The Morgan fingerprint density at radius 3 is 2.40 bits per heavy atom. The smallest absolute Gasteiger partial charge is 0.239 e. The monoisotopic (exact) mass is 278 g/mol. The van der Waals surface area contributed by atoms with Gasteiger partial charge in [-0.1, -0.05) is 20.8 Å². The number of rotatable bonds is 3. The van der Waals surface area contributed by atoms with Gasteiger partial charge in [-0.25, -0.2) is 0 Å². The van der Waals surface area contributed by atoms with Gasteiger partial charge in [0.05, 0.1) is 6.04 Å². The Balaban J connectivity index is 1.65. The third kappa shape index (κ3) is 1.93. The van der Waals surface area contributed by atoms with Crippen molar-refractivity contribution >= 4 is 5.91 Å². The summed E-state index contributed by atoms with van der Waals surface area (Å²) in [6.45, 7) is 11.3. The first-order valence-corrected chi connectivity index (χ1v) is 8.41. The van der Waals surface area contributed by atoms with Gasteiger partial charge in [0, 0.05) is 19.1 Å². The molecule has 4 atom stereocenters. The number of amides is 1. The highest BCUT2D eigenvalue weighted by Gasteiger charge is 2.61. The second-order valence-electron chi connectivity index (χ2n) is 8.08. The maximum Gasteiger partial charge on any atom is 0.239 e. The Morgan fingerprint density at radius 2 is 1.90 bits per heavy atom. The predicted octanol–water partition coefficient (Wildman–Crippen LogP) is 2.80. The van der Waals surface area contributed by atoms with Crippen LogP contribution in [0.25, 0.3) is 0 Å². The van der Waals surface area contributed by atoms with Crippen molar-refractivity contribution in [1.82, 2.24) is 10.2 Å². The number of fused-ring (bicyclic) bond motifs is 2. The summed E-state index contributed by atoms with van der Waals surface area (Å²) >= 11 is 0. The number of hydrogen-bond donors (Lipinski definition) is 1. The number of likely N-dealkylation sites (tertiary alicyclic amines) is 1. The lowest BCUT2D eigenvalue weighted by Crippen LogP contribution is -2.52. The third-order valence-corrected chi connectivity index (χ3v) is 7.03. The molecule has 3 fully saturated rings. The number of hydrogen-bond acceptors (Lipinski definition) is 2. The van der Waals surface area contributed by atoms with Gasteiger partial charge >= 0.3 is 0 Å². The second-order valence-corrected chi connectivity index (χ2v) is 8.08. The lowest BCUT2D eigenvalue weighted by molar-refractivity contribution is -0.132. The summed E-state index contributed by atoms with van der Waals surface area (Å²) < 4.78 is 0. The molecule has 1 saturated heterocycles. The Morgan fingerprint density at radius 1 is 1.25 bits per heavy atom. The quantitative estimate of drug-likeness (QED) is 0.861. The SMILES string of the molecule is CC(NC1CC2CCC1(C)C2(C)C)C(=O)N1CCCC1. The molecule has 0 aromatic heterocycles. The number of carbonyl (C=O) groups is 1. The fourth-order valence-electron chi connectivity index (χ4n) is 5.04. The molecule has 3 aliphatic rings. The van der Waals surface area contributed by atoms with Gasteiger partial charge in [0.15, 0.2) is 0 Å². The first-order valence-electron chi connectivity index (χ1n) is 8.41. The van der Waals surface area contributed by atoms with Crippen LogP contribution < -0.4 is 5.32 Å². The van der Waals surface area contributed by atoms with Crippen LogP contribution in [-0.4, -0.2) is 36.0 Å². The molecule has 1 N–H and O–H groups in total. The predicted molar refractivity (Wildman–Crippen MR) is 81.4 cm³/mol. The molecule has 114 valence electrons. The summed E-state index contributed by atoms with van der Waals surface area (Å²) in [4.78, 5) is 14.5. The molecular weight excluding hydrogens is 248 g/mol. The van der Waals surface area contributed by atoms with Gasteiger partial charge in [-0.2, -0.15) is 0 Å². The van der Waals surface area contributed by atoms with Crippen LogP contribution in [-0.2, 0) is 4.79 Å². The van der Waals surface area contributed by atoms with Crippen molar-refractivity contribution < 1.29 is 4.79 Å². The van der Waals surface area contributed by atoms with E-state index in [1.54, 1.807) is 0 Å². The zero-order valence-electron chi connectivity index (χ0n) is 13.5. The third-order valence-electron chi connectivity index (χ3n) is 7.03. The zero-order valence-corrected chi connectivity index (χ0v) is 13.5. The van der Waals surface area contributed by atoms with Crippen LogP contribution in [0.2, 0.25) is 0 Å². The molecule has 3 heteroatoms. The molecule has 0 aromatic rings. The van der Waals surface area contributed by atoms with E-state index in [4.69, 9.17) is 0 Å². The lowest BCUT2D eigenvalue weighted by Gasteiger charge is -2.40. The van der Waals surface area contributed by atoms with Crippen molar-refractivity contribution in [2.45, 2.75) is 71.9 Å². The van der Waals surface area contributed by atoms with E-state index in [-0.39, 0.29) is 6.04 Å². The maximum absolute atomic E-state index is 12.5. The van der Waals surface area contributed by atoms with Gasteiger partial charge in [0.2, 0.25) is 5.91 Å².